The van der Waals surface area contributed by atoms with Crippen molar-refractivity contribution >= 4 is 42.2 Å². The van der Waals surface area contributed by atoms with Gasteiger partial charge in [-0.25, -0.2) is 4.98 Å². The predicted molar refractivity (Wildman–Crippen MR) is 105 cm³/mol. The molecule has 29 heavy (non-hydrogen) atoms. The number of aromatic amines is 1. The van der Waals surface area contributed by atoms with E-state index in [1.165, 1.54) is 26.4 Å². The van der Waals surface area contributed by atoms with Crippen LogP contribution in [0.25, 0.3) is 0 Å². The van der Waals surface area contributed by atoms with Crippen LogP contribution in [0.3, 0.4) is 0 Å². The van der Waals surface area contributed by atoms with Crippen molar-refractivity contribution in [2.24, 2.45) is 5.73 Å². The Bertz CT molecular complexity index is 740. The van der Waals surface area contributed by atoms with E-state index >= 15 is 0 Å². The van der Waals surface area contributed by atoms with Crippen LogP contribution >= 0.6 is 12.6 Å². The molecule has 5 amide bonds. The van der Waals surface area contributed by atoms with Gasteiger partial charge in [0, 0.05) is 31.0 Å². The molecule has 0 aromatic carbocycles. The van der Waals surface area contributed by atoms with Gasteiger partial charge in [0.1, 0.15) is 18.1 Å². The molecule has 1 rings (SSSR count). The minimum atomic E-state index is -1.06. The maximum absolute atomic E-state index is 12.7. The lowest BCUT2D eigenvalue weighted by Gasteiger charge is -2.23. The van der Waals surface area contributed by atoms with Gasteiger partial charge in [0.2, 0.25) is 29.5 Å². The van der Waals surface area contributed by atoms with Gasteiger partial charge in [-0.3, -0.25) is 24.0 Å². The standard InChI is InChI=1S/C16H25N7O5S/c1-8(21-9(2)24)14(26)22-11(3-10-4-18-7-20-10)16(28)23-12(6-29)15(27)19-5-13(17)25/h4,7-8,11-12,29H,3,5-6H2,1-2H3,(H2,17,25)(H,18,20)(H,19,27)(H,21,24)(H,22,26)(H,23,28)/t8-,11-,12-/m0/s1. The highest BCUT2D eigenvalue weighted by atomic mass is 32.1. The van der Waals surface area contributed by atoms with Crippen LogP contribution in [0.1, 0.15) is 19.5 Å². The molecular weight excluding hydrogens is 402 g/mol. The molecule has 1 aromatic heterocycles. The van der Waals surface area contributed by atoms with Gasteiger partial charge in [-0.1, -0.05) is 0 Å². The zero-order valence-electron chi connectivity index (χ0n) is 16.0. The first-order chi connectivity index (χ1) is 13.6. The van der Waals surface area contributed by atoms with Crippen LogP contribution in [0.15, 0.2) is 12.5 Å². The molecule has 0 fully saturated rings. The number of nitrogens with zero attached hydrogens (tertiary/aromatic N) is 1. The molecule has 0 bridgehead atoms. The molecule has 7 N–H and O–H groups in total. The van der Waals surface area contributed by atoms with Gasteiger partial charge in [-0.2, -0.15) is 12.6 Å². The van der Waals surface area contributed by atoms with Crippen molar-refractivity contribution < 1.29 is 24.0 Å². The molecule has 0 aliphatic heterocycles. The zero-order chi connectivity index (χ0) is 22.0. The van der Waals surface area contributed by atoms with Gasteiger partial charge < -0.3 is 32.0 Å². The first-order valence-electron chi connectivity index (χ1n) is 8.66. The largest absolute Gasteiger partial charge is 0.368 e. The van der Waals surface area contributed by atoms with Crippen molar-refractivity contribution in [2.75, 3.05) is 12.3 Å². The highest BCUT2D eigenvalue weighted by Gasteiger charge is 2.28. The van der Waals surface area contributed by atoms with E-state index in [0.717, 1.165) is 0 Å². The number of primary amides is 1. The van der Waals surface area contributed by atoms with Gasteiger partial charge in [-0.05, 0) is 6.92 Å². The van der Waals surface area contributed by atoms with Crippen LogP contribution in [-0.2, 0) is 30.4 Å². The van der Waals surface area contributed by atoms with Crippen LogP contribution in [0.4, 0.5) is 0 Å². The van der Waals surface area contributed by atoms with E-state index in [2.05, 4.69) is 43.9 Å². The molecule has 13 heteroatoms. The lowest BCUT2D eigenvalue weighted by atomic mass is 10.1. The third-order valence-corrected chi connectivity index (χ3v) is 4.04. The van der Waals surface area contributed by atoms with Gasteiger partial charge in [0.15, 0.2) is 0 Å². The zero-order valence-corrected chi connectivity index (χ0v) is 16.9. The summed E-state index contributed by atoms with van der Waals surface area (Å²) in [5, 5.41) is 9.70. The van der Waals surface area contributed by atoms with E-state index in [-0.39, 0.29) is 18.7 Å². The number of H-pyrrole nitrogens is 1. The number of nitrogens with two attached hydrogens (primary N) is 1. The average molecular weight is 427 g/mol. The number of rotatable bonds is 11. The second-order valence-electron chi connectivity index (χ2n) is 6.19. The molecule has 0 saturated heterocycles. The summed E-state index contributed by atoms with van der Waals surface area (Å²) < 4.78 is 0. The molecule has 160 valence electrons. The number of nitrogens with one attached hydrogen (secondary N) is 5. The van der Waals surface area contributed by atoms with Crippen LogP contribution in [0.5, 0.6) is 0 Å². The first-order valence-corrected chi connectivity index (χ1v) is 9.29. The van der Waals surface area contributed by atoms with E-state index < -0.39 is 47.7 Å². The Morgan fingerprint density at radius 3 is 2.28 bits per heavy atom. The second kappa shape index (κ2) is 11.7. The van der Waals surface area contributed by atoms with E-state index in [4.69, 9.17) is 5.73 Å². The number of carbonyl (C=O) groups is 5. The third-order valence-electron chi connectivity index (χ3n) is 3.68. The van der Waals surface area contributed by atoms with Gasteiger partial charge in [0.25, 0.3) is 0 Å². The predicted octanol–water partition coefficient (Wildman–Crippen LogP) is -3.02. The second-order valence-corrected chi connectivity index (χ2v) is 6.56. The van der Waals surface area contributed by atoms with E-state index in [0.29, 0.717) is 5.69 Å². The molecule has 1 heterocycles. The summed E-state index contributed by atoms with van der Waals surface area (Å²) in [7, 11) is 0. The highest BCUT2D eigenvalue weighted by molar-refractivity contribution is 7.80. The van der Waals surface area contributed by atoms with Crippen molar-refractivity contribution in [3.63, 3.8) is 0 Å². The molecule has 1 aromatic rings. The number of hydrogen-bond acceptors (Lipinski definition) is 7. The first kappa shape index (κ1) is 23.9. The average Bonchev–Trinajstić information content (AvgIpc) is 3.15. The van der Waals surface area contributed by atoms with Gasteiger partial charge in [-0.15, -0.1) is 0 Å². The van der Waals surface area contributed by atoms with Gasteiger partial charge in [0.05, 0.1) is 12.9 Å². The number of thiol groups is 1. The molecule has 0 aliphatic rings. The number of hydrogen-bond donors (Lipinski definition) is 7. The normalized spacial score (nSPS) is 13.5. The number of aromatic nitrogens is 2. The Kier molecular flexibility index (Phi) is 9.65. The molecule has 0 spiro atoms. The van der Waals surface area contributed by atoms with E-state index in [9.17, 15) is 24.0 Å². The van der Waals surface area contributed by atoms with Crippen LogP contribution in [-0.4, -0.2) is 69.9 Å². The lowest BCUT2D eigenvalue weighted by Crippen LogP contribution is -2.57. The van der Waals surface area contributed by atoms with E-state index in [1.54, 1.807) is 0 Å². The van der Waals surface area contributed by atoms with E-state index in [1.807, 2.05) is 0 Å². The molecule has 0 radical (unpaired) electrons. The molecular formula is C16H25N7O5S. The Labute approximate surface area is 172 Å². The topological polar surface area (TPSA) is 188 Å². The van der Waals surface area contributed by atoms with Crippen molar-refractivity contribution in [2.45, 2.75) is 38.4 Å². The van der Waals surface area contributed by atoms with Crippen molar-refractivity contribution in [3.05, 3.63) is 18.2 Å². The number of amides is 5. The monoisotopic (exact) mass is 427 g/mol. The SMILES string of the molecule is CC(=O)N[C@@H](C)C(=O)N[C@@H](Cc1cnc[nH]1)C(=O)N[C@@H](CS)C(=O)NCC(N)=O. The minimum Gasteiger partial charge on any atom is -0.368 e. The number of imidazole rings is 1. The third kappa shape index (κ3) is 8.64. The summed E-state index contributed by atoms with van der Waals surface area (Å²) in [5.41, 5.74) is 5.55. The summed E-state index contributed by atoms with van der Waals surface area (Å²) in [5.74, 6) is -3.08. The molecule has 0 aliphatic carbocycles. The van der Waals surface area contributed by atoms with Crippen molar-refractivity contribution in [3.8, 4) is 0 Å². The maximum Gasteiger partial charge on any atom is 0.243 e. The quantitative estimate of drug-likeness (QED) is 0.184. The van der Waals surface area contributed by atoms with Crippen LogP contribution in [0, 0.1) is 0 Å². The smallest absolute Gasteiger partial charge is 0.243 e. The summed E-state index contributed by atoms with van der Waals surface area (Å²) >= 11 is 4.03. The Morgan fingerprint density at radius 2 is 1.76 bits per heavy atom. The Morgan fingerprint density at radius 1 is 1.10 bits per heavy atom. The Balaban J connectivity index is 2.85. The van der Waals surface area contributed by atoms with Crippen LogP contribution < -0.4 is 27.0 Å². The van der Waals surface area contributed by atoms with Crippen molar-refractivity contribution in [1.82, 2.24) is 31.2 Å². The lowest BCUT2D eigenvalue weighted by molar-refractivity contribution is -0.133. The fraction of sp³-hybridized carbons (Fsp3) is 0.500. The van der Waals surface area contributed by atoms with Crippen LogP contribution in [0.2, 0.25) is 0 Å². The van der Waals surface area contributed by atoms with Crippen molar-refractivity contribution in [1.29, 1.82) is 0 Å². The summed E-state index contributed by atoms with van der Waals surface area (Å²) in [6.45, 7) is 2.35. The summed E-state index contributed by atoms with van der Waals surface area (Å²) in [6.07, 6.45) is 2.96. The maximum atomic E-state index is 12.7. The molecule has 0 unspecified atom stereocenters. The molecule has 0 saturated carbocycles. The van der Waals surface area contributed by atoms with Gasteiger partial charge >= 0.3 is 0 Å². The molecule has 3 atom stereocenters. The number of carbonyl (C=O) groups excluding carboxylic acids is 5. The Hall–Kier alpha value is -3.09. The molecule has 12 nitrogen and oxygen atoms in total. The summed E-state index contributed by atoms with van der Waals surface area (Å²) in [4.78, 5) is 65.7. The summed E-state index contributed by atoms with van der Waals surface area (Å²) in [6, 6.07) is -2.99. The minimum absolute atomic E-state index is 0.0522. The highest BCUT2D eigenvalue weighted by Crippen LogP contribution is 2.01. The fourth-order valence-corrected chi connectivity index (χ4v) is 2.51. The fourth-order valence-electron chi connectivity index (χ4n) is 2.26.